The number of hydrogen-bond donors (Lipinski definition) is 1. The van der Waals surface area contributed by atoms with E-state index in [2.05, 4.69) is 81.1 Å². The minimum atomic E-state index is 0.783. The highest BCUT2D eigenvalue weighted by atomic mass is 15.1. The summed E-state index contributed by atoms with van der Waals surface area (Å²) in [7, 11) is 0. The second-order valence-corrected chi connectivity index (χ2v) is 7.44. The maximum Gasteiger partial charge on any atom is 0.0520 e. The molecule has 0 radical (unpaired) electrons. The van der Waals surface area contributed by atoms with Crippen LogP contribution < -0.4 is 10.6 Å². The molecule has 0 aliphatic heterocycles. The molecule has 0 unspecified atom stereocenters. The summed E-state index contributed by atoms with van der Waals surface area (Å²) in [6, 6.07) is 21.5. The van der Waals surface area contributed by atoms with E-state index in [-0.39, 0.29) is 0 Å². The molecule has 0 fully saturated rings. The van der Waals surface area contributed by atoms with Crippen molar-refractivity contribution in [1.82, 2.24) is 0 Å². The van der Waals surface area contributed by atoms with E-state index in [0.29, 0.717) is 0 Å². The summed E-state index contributed by atoms with van der Waals surface area (Å²) >= 11 is 0. The molecule has 3 rings (SSSR count). The molecule has 27 heavy (non-hydrogen) atoms. The third-order valence-corrected chi connectivity index (χ3v) is 5.04. The third-order valence-electron chi connectivity index (χ3n) is 5.04. The van der Waals surface area contributed by atoms with Gasteiger partial charge in [-0.05, 0) is 86.7 Å². The molecule has 3 aromatic rings. The highest BCUT2D eigenvalue weighted by Gasteiger charge is 2.17. The smallest absolute Gasteiger partial charge is 0.0520 e. The van der Waals surface area contributed by atoms with Crippen LogP contribution in [0.4, 0.5) is 22.7 Å². The van der Waals surface area contributed by atoms with Crippen molar-refractivity contribution in [3.63, 3.8) is 0 Å². The van der Waals surface area contributed by atoms with Gasteiger partial charge in [0.1, 0.15) is 0 Å². The molecule has 0 aliphatic carbocycles. The lowest BCUT2D eigenvalue weighted by Gasteiger charge is -2.29. The van der Waals surface area contributed by atoms with Gasteiger partial charge in [0.15, 0.2) is 0 Å². The van der Waals surface area contributed by atoms with Gasteiger partial charge in [-0.15, -0.1) is 0 Å². The number of aryl methyl sites for hydroxylation is 4. The molecule has 2 heteroatoms. The van der Waals surface area contributed by atoms with Crippen molar-refractivity contribution in [2.75, 3.05) is 10.6 Å². The normalized spacial score (nSPS) is 10.8. The number of nitrogens with two attached hydrogens (primary N) is 1. The maximum atomic E-state index is 5.93. The average Bonchev–Trinajstić information content (AvgIpc) is 2.65. The van der Waals surface area contributed by atoms with E-state index in [1.165, 1.54) is 40.8 Å². The van der Waals surface area contributed by atoms with Gasteiger partial charge in [-0.25, -0.2) is 0 Å². The summed E-state index contributed by atoms with van der Waals surface area (Å²) in [6.07, 6.45) is 3.60. The van der Waals surface area contributed by atoms with Crippen LogP contribution in [0.5, 0.6) is 0 Å². The Kier molecular flexibility index (Phi) is 5.85. The zero-order valence-corrected chi connectivity index (χ0v) is 16.9. The minimum absolute atomic E-state index is 0.783. The summed E-state index contributed by atoms with van der Waals surface area (Å²) in [5.74, 6) is 0. The lowest BCUT2D eigenvalue weighted by Crippen LogP contribution is -2.13. The van der Waals surface area contributed by atoms with E-state index in [1.54, 1.807) is 0 Å². The molecule has 0 heterocycles. The van der Waals surface area contributed by atoms with E-state index in [4.69, 9.17) is 5.73 Å². The van der Waals surface area contributed by atoms with Crippen LogP contribution in [-0.2, 0) is 6.42 Å². The van der Waals surface area contributed by atoms with Crippen molar-refractivity contribution in [2.45, 2.75) is 47.0 Å². The lowest BCUT2D eigenvalue weighted by molar-refractivity contribution is 0.794. The van der Waals surface area contributed by atoms with Gasteiger partial charge < -0.3 is 10.6 Å². The molecule has 2 N–H and O–H groups in total. The molecule has 2 nitrogen and oxygen atoms in total. The summed E-state index contributed by atoms with van der Waals surface area (Å²) in [5, 5.41) is 0. The Balaban J connectivity index is 2.13. The van der Waals surface area contributed by atoms with Gasteiger partial charge in [0, 0.05) is 17.1 Å². The van der Waals surface area contributed by atoms with Crippen LogP contribution in [0.25, 0.3) is 0 Å². The van der Waals surface area contributed by atoms with Crippen molar-refractivity contribution < 1.29 is 0 Å². The zero-order chi connectivity index (χ0) is 19.4. The van der Waals surface area contributed by atoms with E-state index in [1.807, 2.05) is 12.1 Å². The first-order valence-electron chi connectivity index (χ1n) is 9.82. The predicted octanol–water partition coefficient (Wildman–Crippen LogP) is 7.01. The Hall–Kier alpha value is -2.74. The van der Waals surface area contributed by atoms with Crippen LogP contribution >= 0.6 is 0 Å². The largest absolute Gasteiger partial charge is 0.399 e. The summed E-state index contributed by atoms with van der Waals surface area (Å²) in [6.45, 7) is 8.80. The molecule has 0 bridgehead atoms. The van der Waals surface area contributed by atoms with Gasteiger partial charge >= 0.3 is 0 Å². The molecule has 0 aliphatic rings. The fourth-order valence-corrected chi connectivity index (χ4v) is 3.65. The van der Waals surface area contributed by atoms with E-state index in [0.717, 1.165) is 23.5 Å². The number of benzene rings is 3. The van der Waals surface area contributed by atoms with Crippen molar-refractivity contribution in [1.29, 1.82) is 0 Å². The Morgan fingerprint density at radius 3 is 1.81 bits per heavy atom. The quantitative estimate of drug-likeness (QED) is 0.480. The fourth-order valence-electron chi connectivity index (χ4n) is 3.65. The first-order valence-corrected chi connectivity index (χ1v) is 9.82. The zero-order valence-electron chi connectivity index (χ0n) is 16.9. The highest BCUT2D eigenvalue weighted by molar-refractivity contribution is 5.81. The third kappa shape index (κ3) is 4.33. The van der Waals surface area contributed by atoms with E-state index >= 15 is 0 Å². The van der Waals surface area contributed by atoms with Crippen molar-refractivity contribution in [3.05, 3.63) is 82.9 Å². The number of rotatable bonds is 6. The first kappa shape index (κ1) is 19.0. The molecule has 0 amide bonds. The monoisotopic (exact) mass is 358 g/mol. The van der Waals surface area contributed by atoms with Crippen LogP contribution in [-0.4, -0.2) is 0 Å². The Bertz CT molecular complexity index is 824. The maximum absolute atomic E-state index is 5.93. The number of hydrogen-bond acceptors (Lipinski definition) is 2. The first-order chi connectivity index (χ1) is 13.0. The summed E-state index contributed by atoms with van der Waals surface area (Å²) in [4.78, 5) is 2.34. The Morgan fingerprint density at radius 2 is 1.30 bits per heavy atom. The number of nitrogens with zero attached hydrogens (tertiary/aromatic N) is 1. The molecule has 3 aromatic carbocycles. The molecular weight excluding hydrogens is 328 g/mol. The van der Waals surface area contributed by atoms with Crippen LogP contribution in [0, 0.1) is 20.8 Å². The highest BCUT2D eigenvalue weighted by Crippen LogP contribution is 2.39. The van der Waals surface area contributed by atoms with Crippen LogP contribution in [0.1, 0.15) is 42.0 Å². The van der Waals surface area contributed by atoms with Gasteiger partial charge in [-0.1, -0.05) is 43.2 Å². The standard InChI is InChI=1S/C25H30N2/c1-5-6-7-21-16-19(3)25(20(4)17-21)27(23-12-8-18(2)9-13-23)24-14-10-22(26)11-15-24/h8-17H,5-7,26H2,1-4H3. The molecule has 0 spiro atoms. The van der Waals surface area contributed by atoms with E-state index in [9.17, 15) is 0 Å². The van der Waals surface area contributed by atoms with Gasteiger partial charge in [-0.3, -0.25) is 0 Å². The van der Waals surface area contributed by atoms with Crippen LogP contribution in [0.2, 0.25) is 0 Å². The molecule has 140 valence electrons. The number of anilines is 4. The predicted molar refractivity (Wildman–Crippen MR) is 118 cm³/mol. The van der Waals surface area contributed by atoms with Crippen molar-refractivity contribution in [2.24, 2.45) is 0 Å². The second kappa shape index (κ2) is 8.30. The van der Waals surface area contributed by atoms with E-state index < -0.39 is 0 Å². The lowest BCUT2D eigenvalue weighted by atomic mass is 9.99. The van der Waals surface area contributed by atoms with Crippen LogP contribution in [0.3, 0.4) is 0 Å². The SMILES string of the molecule is CCCCc1cc(C)c(N(c2ccc(C)cc2)c2ccc(N)cc2)c(C)c1. The molecule has 0 saturated carbocycles. The molecular formula is C25H30N2. The van der Waals surface area contributed by atoms with Crippen molar-refractivity contribution in [3.8, 4) is 0 Å². The summed E-state index contributed by atoms with van der Waals surface area (Å²) < 4.78 is 0. The Morgan fingerprint density at radius 1 is 0.778 bits per heavy atom. The van der Waals surface area contributed by atoms with Gasteiger partial charge in [0.2, 0.25) is 0 Å². The minimum Gasteiger partial charge on any atom is -0.399 e. The van der Waals surface area contributed by atoms with Crippen molar-refractivity contribution >= 4 is 22.7 Å². The van der Waals surface area contributed by atoms with Crippen LogP contribution in [0.15, 0.2) is 60.7 Å². The van der Waals surface area contributed by atoms with Gasteiger partial charge in [0.25, 0.3) is 0 Å². The fraction of sp³-hybridized carbons (Fsp3) is 0.280. The Labute approximate surface area is 163 Å². The number of nitrogen functional groups attached to an aromatic ring is 1. The average molecular weight is 359 g/mol. The second-order valence-electron chi connectivity index (χ2n) is 7.44. The van der Waals surface area contributed by atoms with Gasteiger partial charge in [-0.2, -0.15) is 0 Å². The topological polar surface area (TPSA) is 29.3 Å². The summed E-state index contributed by atoms with van der Waals surface area (Å²) in [5.41, 5.74) is 15.6. The molecule has 0 atom stereocenters. The molecule has 0 saturated heterocycles. The van der Waals surface area contributed by atoms with Gasteiger partial charge in [0.05, 0.1) is 5.69 Å². The number of unbranched alkanes of at least 4 members (excludes halogenated alkanes) is 1. The molecule has 0 aromatic heterocycles.